The van der Waals surface area contributed by atoms with Crippen molar-refractivity contribution in [2.24, 2.45) is 5.92 Å². The third-order valence-corrected chi connectivity index (χ3v) is 6.10. The number of halogens is 1. The SMILES string of the molecule is COc1ccc(NC(=O)C2CCN(c3nc4ncccc4n4cccc34)CC2)cc1Cl. The van der Waals surface area contributed by atoms with Gasteiger partial charge in [-0.1, -0.05) is 11.6 Å². The summed E-state index contributed by atoms with van der Waals surface area (Å²) in [7, 11) is 1.56. The van der Waals surface area contributed by atoms with Crippen LogP contribution in [0.1, 0.15) is 12.8 Å². The van der Waals surface area contributed by atoms with E-state index in [1.54, 1.807) is 31.5 Å². The van der Waals surface area contributed by atoms with Gasteiger partial charge in [0.25, 0.3) is 0 Å². The molecule has 0 radical (unpaired) electrons. The number of anilines is 2. The van der Waals surface area contributed by atoms with Crippen LogP contribution >= 0.6 is 11.6 Å². The van der Waals surface area contributed by atoms with Gasteiger partial charge in [-0.3, -0.25) is 4.79 Å². The molecule has 1 aromatic carbocycles. The molecular weight excluding hydrogens is 414 g/mol. The Kier molecular flexibility index (Phi) is 5.11. The van der Waals surface area contributed by atoms with Crippen molar-refractivity contribution < 1.29 is 9.53 Å². The predicted octanol–water partition coefficient (Wildman–Crippen LogP) is 4.40. The van der Waals surface area contributed by atoms with Crippen molar-refractivity contribution in [1.82, 2.24) is 14.4 Å². The minimum Gasteiger partial charge on any atom is -0.495 e. The van der Waals surface area contributed by atoms with Gasteiger partial charge in [-0.05, 0) is 55.3 Å². The molecule has 1 aliphatic rings. The van der Waals surface area contributed by atoms with Crippen molar-refractivity contribution in [2.45, 2.75) is 12.8 Å². The van der Waals surface area contributed by atoms with Crippen LogP contribution in [0, 0.1) is 5.92 Å². The van der Waals surface area contributed by atoms with Crippen molar-refractivity contribution >= 4 is 45.7 Å². The number of amides is 1. The van der Waals surface area contributed by atoms with Crippen LogP contribution in [0.25, 0.3) is 16.7 Å². The number of piperidine rings is 1. The van der Waals surface area contributed by atoms with E-state index < -0.39 is 0 Å². The van der Waals surface area contributed by atoms with Gasteiger partial charge in [0.15, 0.2) is 11.5 Å². The fourth-order valence-electron chi connectivity index (χ4n) is 4.17. The zero-order valence-corrected chi connectivity index (χ0v) is 17.8. The van der Waals surface area contributed by atoms with Crippen molar-refractivity contribution in [1.29, 1.82) is 0 Å². The van der Waals surface area contributed by atoms with E-state index in [2.05, 4.69) is 25.7 Å². The van der Waals surface area contributed by atoms with E-state index in [9.17, 15) is 4.79 Å². The van der Waals surface area contributed by atoms with Gasteiger partial charge < -0.3 is 19.4 Å². The van der Waals surface area contributed by atoms with E-state index in [4.69, 9.17) is 21.3 Å². The molecule has 0 spiro atoms. The summed E-state index contributed by atoms with van der Waals surface area (Å²) in [5.41, 5.74) is 3.43. The quantitative estimate of drug-likeness (QED) is 0.514. The number of carbonyl (C=O) groups is 1. The minimum atomic E-state index is -0.0569. The molecule has 0 aliphatic carbocycles. The maximum atomic E-state index is 12.8. The highest BCUT2D eigenvalue weighted by Crippen LogP contribution is 2.30. The lowest BCUT2D eigenvalue weighted by molar-refractivity contribution is -0.120. The molecule has 0 saturated carbocycles. The number of hydrogen-bond acceptors (Lipinski definition) is 5. The summed E-state index contributed by atoms with van der Waals surface area (Å²) in [5, 5.41) is 3.46. The zero-order valence-electron chi connectivity index (χ0n) is 17.1. The summed E-state index contributed by atoms with van der Waals surface area (Å²) >= 11 is 6.17. The van der Waals surface area contributed by atoms with Crippen LogP contribution in [0.5, 0.6) is 5.75 Å². The van der Waals surface area contributed by atoms with Gasteiger partial charge in [-0.2, -0.15) is 0 Å². The molecule has 1 amide bonds. The number of pyridine rings is 1. The van der Waals surface area contributed by atoms with Crippen LogP contribution in [0.2, 0.25) is 5.02 Å². The summed E-state index contributed by atoms with van der Waals surface area (Å²) < 4.78 is 7.29. The molecule has 0 atom stereocenters. The molecule has 4 heterocycles. The summed E-state index contributed by atoms with van der Waals surface area (Å²) in [6.45, 7) is 1.52. The summed E-state index contributed by atoms with van der Waals surface area (Å²) in [6, 6.07) is 13.3. The molecule has 1 fully saturated rings. The van der Waals surface area contributed by atoms with Crippen LogP contribution in [0.3, 0.4) is 0 Å². The van der Waals surface area contributed by atoms with Crippen molar-refractivity contribution in [3.8, 4) is 5.75 Å². The number of aromatic nitrogens is 3. The Morgan fingerprint density at radius 2 is 1.97 bits per heavy atom. The van der Waals surface area contributed by atoms with E-state index in [1.165, 1.54) is 0 Å². The lowest BCUT2D eigenvalue weighted by Gasteiger charge is -2.32. The van der Waals surface area contributed by atoms with Gasteiger partial charge in [0.05, 0.1) is 23.2 Å². The summed E-state index contributed by atoms with van der Waals surface area (Å²) in [6.07, 6.45) is 5.30. The van der Waals surface area contributed by atoms with E-state index in [0.717, 1.165) is 48.4 Å². The normalized spacial score (nSPS) is 14.8. The number of methoxy groups -OCH3 is 1. The highest BCUT2D eigenvalue weighted by Gasteiger charge is 2.27. The first-order chi connectivity index (χ1) is 15.1. The molecule has 1 N–H and O–H groups in total. The van der Waals surface area contributed by atoms with Crippen LogP contribution in [-0.2, 0) is 4.79 Å². The molecule has 0 unspecified atom stereocenters. The van der Waals surface area contributed by atoms with Gasteiger partial charge in [-0.25, -0.2) is 9.97 Å². The number of ether oxygens (including phenoxy) is 1. The third-order valence-electron chi connectivity index (χ3n) is 5.80. The Morgan fingerprint density at radius 3 is 2.74 bits per heavy atom. The molecule has 3 aromatic heterocycles. The van der Waals surface area contributed by atoms with Crippen molar-refractivity contribution in [3.63, 3.8) is 0 Å². The van der Waals surface area contributed by atoms with Crippen LogP contribution in [0.15, 0.2) is 54.9 Å². The van der Waals surface area contributed by atoms with E-state index >= 15 is 0 Å². The average molecular weight is 436 g/mol. The summed E-state index contributed by atoms with van der Waals surface area (Å²) in [4.78, 5) is 24.3. The Hall–Kier alpha value is -3.32. The molecule has 31 heavy (non-hydrogen) atoms. The minimum absolute atomic E-state index is 0.0156. The molecule has 0 bridgehead atoms. The maximum Gasteiger partial charge on any atom is 0.227 e. The second-order valence-corrected chi connectivity index (χ2v) is 8.05. The monoisotopic (exact) mass is 435 g/mol. The molecule has 1 saturated heterocycles. The zero-order chi connectivity index (χ0) is 21.4. The first kappa shape index (κ1) is 19.6. The van der Waals surface area contributed by atoms with Crippen LogP contribution in [-0.4, -0.2) is 40.5 Å². The number of carbonyl (C=O) groups excluding carboxylic acids is 1. The van der Waals surface area contributed by atoms with E-state index in [0.29, 0.717) is 16.5 Å². The first-order valence-corrected chi connectivity index (χ1v) is 10.6. The second kappa shape index (κ2) is 8.07. The van der Waals surface area contributed by atoms with Gasteiger partial charge >= 0.3 is 0 Å². The highest BCUT2D eigenvalue weighted by molar-refractivity contribution is 6.32. The van der Waals surface area contributed by atoms with Crippen LogP contribution < -0.4 is 15.0 Å². The van der Waals surface area contributed by atoms with E-state index in [-0.39, 0.29) is 11.8 Å². The Morgan fingerprint density at radius 1 is 1.16 bits per heavy atom. The fourth-order valence-corrected chi connectivity index (χ4v) is 4.43. The largest absolute Gasteiger partial charge is 0.495 e. The molecule has 8 heteroatoms. The van der Waals surface area contributed by atoms with E-state index in [1.807, 2.05) is 24.4 Å². The topological polar surface area (TPSA) is 71.8 Å². The third kappa shape index (κ3) is 3.65. The Labute approximate surface area is 184 Å². The molecule has 7 nitrogen and oxygen atoms in total. The Bertz CT molecular complexity index is 1260. The van der Waals surface area contributed by atoms with Crippen molar-refractivity contribution in [3.05, 3.63) is 59.9 Å². The summed E-state index contributed by atoms with van der Waals surface area (Å²) in [5.74, 6) is 1.46. The predicted molar refractivity (Wildman–Crippen MR) is 122 cm³/mol. The molecule has 158 valence electrons. The lowest BCUT2D eigenvalue weighted by atomic mass is 9.95. The molecular formula is C23H22ClN5O2. The Balaban J connectivity index is 1.31. The van der Waals surface area contributed by atoms with Crippen LogP contribution in [0.4, 0.5) is 11.5 Å². The number of nitrogens with zero attached hydrogens (tertiary/aromatic N) is 4. The average Bonchev–Trinajstić information content (AvgIpc) is 3.29. The first-order valence-electron chi connectivity index (χ1n) is 10.2. The number of hydrogen-bond donors (Lipinski definition) is 1. The highest BCUT2D eigenvalue weighted by atomic mass is 35.5. The maximum absolute atomic E-state index is 12.8. The van der Waals surface area contributed by atoms with Crippen molar-refractivity contribution in [2.75, 3.05) is 30.4 Å². The van der Waals surface area contributed by atoms with Gasteiger partial charge in [0.1, 0.15) is 5.75 Å². The standard InChI is InChI=1S/C23H22ClN5O2/c1-31-20-7-6-16(14-17(20)24)26-23(30)15-8-12-28(13-9-15)22-19-5-3-11-29(19)18-4-2-10-25-21(18)27-22/h2-7,10-11,14-15H,8-9,12-13H2,1H3,(H,26,30). The number of rotatable bonds is 4. The second-order valence-electron chi connectivity index (χ2n) is 7.64. The fraction of sp³-hybridized carbons (Fsp3) is 0.261. The number of nitrogens with one attached hydrogen (secondary N) is 1. The van der Waals surface area contributed by atoms with Gasteiger partial charge in [0, 0.05) is 37.1 Å². The molecule has 5 rings (SSSR count). The van der Waals surface area contributed by atoms with Gasteiger partial charge in [0.2, 0.25) is 5.91 Å². The lowest BCUT2D eigenvalue weighted by Crippen LogP contribution is -2.38. The number of benzene rings is 1. The molecule has 1 aliphatic heterocycles. The smallest absolute Gasteiger partial charge is 0.227 e. The number of fused-ring (bicyclic) bond motifs is 3. The molecule has 4 aromatic rings. The van der Waals surface area contributed by atoms with Gasteiger partial charge in [-0.15, -0.1) is 0 Å².